The zero-order valence-electron chi connectivity index (χ0n) is 10.2. The van der Waals surface area contributed by atoms with Gasteiger partial charge in [-0.3, -0.25) is 0 Å². The zero-order chi connectivity index (χ0) is 12.9. The minimum absolute atomic E-state index is 0.0206. The van der Waals surface area contributed by atoms with Gasteiger partial charge in [-0.25, -0.2) is 8.42 Å². The van der Waals surface area contributed by atoms with E-state index in [-0.39, 0.29) is 18.4 Å². The monoisotopic (exact) mass is 257 g/mol. The molecule has 1 aromatic carbocycles. The third-order valence-corrected chi connectivity index (χ3v) is 3.49. The molecular weight excluding hydrogens is 238 g/mol. The molecule has 1 unspecified atom stereocenters. The molecule has 0 fully saturated rings. The standard InChI is InChI=1S/C12H19NO3S/c1-10(9-17(2,15)16)13-7-11-4-3-5-12(6-11)8-14/h3-6,10,13-14H,7-9H2,1-2H3. The lowest BCUT2D eigenvalue weighted by Crippen LogP contribution is -2.32. The van der Waals surface area contributed by atoms with Gasteiger partial charge in [0.1, 0.15) is 9.84 Å². The Balaban J connectivity index is 2.49. The van der Waals surface area contributed by atoms with Crippen molar-refractivity contribution in [3.05, 3.63) is 35.4 Å². The second kappa shape index (κ2) is 6.14. The quantitative estimate of drug-likeness (QED) is 0.787. The predicted molar refractivity (Wildman–Crippen MR) is 68.4 cm³/mol. The summed E-state index contributed by atoms with van der Waals surface area (Å²) in [5.74, 6) is 0.132. The topological polar surface area (TPSA) is 66.4 Å². The van der Waals surface area contributed by atoms with Crippen molar-refractivity contribution < 1.29 is 13.5 Å². The fraction of sp³-hybridized carbons (Fsp3) is 0.500. The first-order chi connectivity index (χ1) is 7.90. The molecule has 96 valence electrons. The molecule has 1 rings (SSSR count). The Hall–Kier alpha value is -0.910. The van der Waals surface area contributed by atoms with Crippen LogP contribution in [0.5, 0.6) is 0 Å². The van der Waals surface area contributed by atoms with Crippen LogP contribution in [-0.2, 0) is 23.0 Å². The van der Waals surface area contributed by atoms with Gasteiger partial charge in [0.15, 0.2) is 0 Å². The van der Waals surface area contributed by atoms with Crippen LogP contribution in [0, 0.1) is 0 Å². The molecule has 0 radical (unpaired) electrons. The van der Waals surface area contributed by atoms with Gasteiger partial charge in [0.2, 0.25) is 0 Å². The van der Waals surface area contributed by atoms with Crippen LogP contribution in [0.4, 0.5) is 0 Å². The van der Waals surface area contributed by atoms with Gasteiger partial charge in [-0.15, -0.1) is 0 Å². The summed E-state index contributed by atoms with van der Waals surface area (Å²) in [6, 6.07) is 7.50. The molecule has 0 spiro atoms. The van der Waals surface area contributed by atoms with Crippen LogP contribution >= 0.6 is 0 Å². The maximum absolute atomic E-state index is 11.1. The van der Waals surface area contributed by atoms with E-state index in [9.17, 15) is 8.42 Å². The minimum Gasteiger partial charge on any atom is -0.392 e. The molecule has 0 heterocycles. The van der Waals surface area contributed by atoms with Crippen LogP contribution in [0.3, 0.4) is 0 Å². The molecule has 0 aromatic heterocycles. The Morgan fingerprint density at radius 2 is 2.00 bits per heavy atom. The minimum atomic E-state index is -2.94. The normalized spacial score (nSPS) is 13.6. The van der Waals surface area contributed by atoms with E-state index in [0.717, 1.165) is 11.1 Å². The molecule has 0 bridgehead atoms. The summed E-state index contributed by atoms with van der Waals surface area (Å²) < 4.78 is 22.2. The van der Waals surface area contributed by atoms with Crippen molar-refractivity contribution in [3.63, 3.8) is 0 Å². The first-order valence-corrected chi connectivity index (χ1v) is 7.56. The number of hydrogen-bond acceptors (Lipinski definition) is 4. The second-order valence-electron chi connectivity index (χ2n) is 4.35. The first kappa shape index (κ1) is 14.2. The molecule has 1 aromatic rings. The molecule has 4 nitrogen and oxygen atoms in total. The second-order valence-corrected chi connectivity index (χ2v) is 6.54. The highest BCUT2D eigenvalue weighted by Crippen LogP contribution is 2.05. The lowest BCUT2D eigenvalue weighted by molar-refractivity contribution is 0.281. The molecule has 0 aliphatic rings. The average Bonchev–Trinajstić information content (AvgIpc) is 2.24. The van der Waals surface area contributed by atoms with Crippen molar-refractivity contribution in [2.24, 2.45) is 0 Å². The van der Waals surface area contributed by atoms with Crippen molar-refractivity contribution in [2.45, 2.75) is 26.1 Å². The number of hydrogen-bond donors (Lipinski definition) is 2. The molecule has 17 heavy (non-hydrogen) atoms. The Morgan fingerprint density at radius 3 is 2.59 bits per heavy atom. The SMILES string of the molecule is CC(CS(C)(=O)=O)NCc1cccc(CO)c1. The first-order valence-electron chi connectivity index (χ1n) is 5.50. The summed E-state index contributed by atoms with van der Waals surface area (Å²) in [5, 5.41) is 12.1. The fourth-order valence-electron chi connectivity index (χ4n) is 1.64. The van der Waals surface area contributed by atoms with Crippen molar-refractivity contribution >= 4 is 9.84 Å². The van der Waals surface area contributed by atoms with Gasteiger partial charge in [0.05, 0.1) is 12.4 Å². The maximum Gasteiger partial charge on any atom is 0.148 e. The highest BCUT2D eigenvalue weighted by molar-refractivity contribution is 7.90. The van der Waals surface area contributed by atoms with Crippen molar-refractivity contribution in [3.8, 4) is 0 Å². The average molecular weight is 257 g/mol. The van der Waals surface area contributed by atoms with E-state index >= 15 is 0 Å². The number of aliphatic hydroxyl groups is 1. The molecule has 5 heteroatoms. The highest BCUT2D eigenvalue weighted by atomic mass is 32.2. The van der Waals surface area contributed by atoms with Crippen molar-refractivity contribution in [1.29, 1.82) is 0 Å². The molecular formula is C12H19NO3S. The molecule has 0 aliphatic heterocycles. The Labute approximate surface area is 103 Å². The van der Waals surface area contributed by atoms with Gasteiger partial charge in [-0.2, -0.15) is 0 Å². The summed E-state index contributed by atoms with van der Waals surface area (Å²) in [5.41, 5.74) is 1.90. The summed E-state index contributed by atoms with van der Waals surface area (Å²) in [4.78, 5) is 0. The number of aliphatic hydroxyl groups excluding tert-OH is 1. The summed E-state index contributed by atoms with van der Waals surface area (Å²) in [6.07, 6.45) is 1.23. The van der Waals surface area contributed by atoms with E-state index in [4.69, 9.17) is 5.11 Å². The van der Waals surface area contributed by atoms with Crippen LogP contribution in [0.25, 0.3) is 0 Å². The summed E-state index contributed by atoms with van der Waals surface area (Å²) in [6.45, 7) is 2.47. The number of benzene rings is 1. The van der Waals surface area contributed by atoms with E-state index in [1.54, 1.807) is 0 Å². The van der Waals surface area contributed by atoms with Gasteiger partial charge in [-0.05, 0) is 18.1 Å². The molecule has 1 atom stereocenters. The highest BCUT2D eigenvalue weighted by Gasteiger charge is 2.09. The molecule has 0 amide bonds. The van der Waals surface area contributed by atoms with E-state index in [2.05, 4.69) is 5.32 Å². The Bertz CT molecular complexity index is 457. The van der Waals surface area contributed by atoms with Gasteiger partial charge in [0, 0.05) is 18.8 Å². The van der Waals surface area contributed by atoms with Crippen LogP contribution in [0.1, 0.15) is 18.1 Å². The molecule has 0 saturated carbocycles. The van der Waals surface area contributed by atoms with Gasteiger partial charge in [-0.1, -0.05) is 24.3 Å². The summed E-state index contributed by atoms with van der Waals surface area (Å²) >= 11 is 0. The van der Waals surface area contributed by atoms with Crippen molar-refractivity contribution in [1.82, 2.24) is 5.32 Å². The lowest BCUT2D eigenvalue weighted by atomic mass is 10.1. The lowest BCUT2D eigenvalue weighted by Gasteiger charge is -2.13. The Morgan fingerprint density at radius 1 is 1.35 bits per heavy atom. The Kier molecular flexibility index (Phi) is 5.11. The van der Waals surface area contributed by atoms with Gasteiger partial charge < -0.3 is 10.4 Å². The van der Waals surface area contributed by atoms with Crippen molar-refractivity contribution in [2.75, 3.05) is 12.0 Å². The fourth-order valence-corrected chi connectivity index (χ4v) is 2.67. The third kappa shape index (κ3) is 5.81. The van der Waals surface area contributed by atoms with E-state index in [1.165, 1.54) is 6.26 Å². The molecule has 2 N–H and O–H groups in total. The van der Waals surface area contributed by atoms with E-state index in [1.807, 2.05) is 31.2 Å². The van der Waals surface area contributed by atoms with Gasteiger partial charge in [0.25, 0.3) is 0 Å². The predicted octanol–water partition coefficient (Wildman–Crippen LogP) is 0.702. The number of nitrogens with one attached hydrogen (secondary N) is 1. The maximum atomic E-state index is 11.1. The van der Waals surface area contributed by atoms with Crippen LogP contribution in [0.2, 0.25) is 0 Å². The van der Waals surface area contributed by atoms with Gasteiger partial charge >= 0.3 is 0 Å². The smallest absolute Gasteiger partial charge is 0.148 e. The van der Waals surface area contributed by atoms with Crippen LogP contribution in [-0.4, -0.2) is 31.6 Å². The van der Waals surface area contributed by atoms with E-state index < -0.39 is 9.84 Å². The zero-order valence-corrected chi connectivity index (χ0v) is 11.0. The van der Waals surface area contributed by atoms with E-state index in [0.29, 0.717) is 6.54 Å². The largest absolute Gasteiger partial charge is 0.392 e. The molecule has 0 aliphatic carbocycles. The molecule has 0 saturated heterocycles. The number of sulfone groups is 1. The van der Waals surface area contributed by atoms with Crippen LogP contribution in [0.15, 0.2) is 24.3 Å². The number of rotatable bonds is 6. The van der Waals surface area contributed by atoms with Crippen LogP contribution < -0.4 is 5.32 Å². The summed E-state index contributed by atoms with van der Waals surface area (Å²) in [7, 11) is -2.94. The third-order valence-electron chi connectivity index (χ3n) is 2.38.